The summed E-state index contributed by atoms with van der Waals surface area (Å²) in [5.74, 6) is -0.442. The van der Waals surface area contributed by atoms with Gasteiger partial charge in [0.15, 0.2) is 5.54 Å². The number of aromatic nitrogens is 2. The van der Waals surface area contributed by atoms with Crippen molar-refractivity contribution >= 4 is 17.7 Å². The lowest BCUT2D eigenvalue weighted by Gasteiger charge is -2.36. The molecule has 0 bridgehead atoms. The van der Waals surface area contributed by atoms with E-state index < -0.39 is 23.2 Å². The molecule has 1 atom stereocenters. The molecule has 8 heteroatoms. The number of nitrogens with one attached hydrogen (secondary N) is 1. The van der Waals surface area contributed by atoms with Gasteiger partial charge in [-0.25, -0.2) is 9.59 Å². The Morgan fingerprint density at radius 2 is 2.12 bits per heavy atom. The largest absolute Gasteiger partial charge is 0.467 e. The van der Waals surface area contributed by atoms with Crippen molar-refractivity contribution in [2.45, 2.75) is 44.8 Å². The first-order chi connectivity index (χ1) is 11.2. The molecule has 24 heavy (non-hydrogen) atoms. The number of hydrogen-bond acceptors (Lipinski definition) is 6. The molecule has 1 aromatic heterocycles. The first-order valence-corrected chi connectivity index (χ1v) is 7.99. The topological polar surface area (TPSA) is 85.7 Å². The smallest absolute Gasteiger partial charge is 0.411 e. The number of aryl methyl sites for hydroxylation is 1. The number of rotatable bonds is 4. The van der Waals surface area contributed by atoms with E-state index in [2.05, 4.69) is 10.4 Å². The zero-order chi connectivity index (χ0) is 18.0. The number of hydrogen-bond donors (Lipinski definition) is 1. The third kappa shape index (κ3) is 3.80. The van der Waals surface area contributed by atoms with E-state index in [-0.39, 0.29) is 6.54 Å². The molecule has 1 N–H and O–H groups in total. The molecule has 1 aliphatic rings. The molecule has 0 aromatic carbocycles. The highest BCUT2D eigenvalue weighted by Gasteiger charge is 2.52. The van der Waals surface area contributed by atoms with Crippen LogP contribution in [0.4, 0.5) is 10.5 Å². The van der Waals surface area contributed by atoms with Crippen LogP contribution in [0.1, 0.15) is 33.6 Å². The lowest BCUT2D eigenvalue weighted by Crippen LogP contribution is -2.58. The number of ether oxygens (including phenoxy) is 2. The minimum atomic E-state index is -1.08. The molecule has 0 spiro atoms. The van der Waals surface area contributed by atoms with Crippen LogP contribution in [0.5, 0.6) is 0 Å². The van der Waals surface area contributed by atoms with Crippen molar-refractivity contribution in [2.75, 3.05) is 25.5 Å². The summed E-state index contributed by atoms with van der Waals surface area (Å²) in [5.41, 5.74) is -0.928. The van der Waals surface area contributed by atoms with Gasteiger partial charge in [0.1, 0.15) is 5.60 Å². The third-order valence-corrected chi connectivity index (χ3v) is 3.96. The molecule has 1 saturated heterocycles. The molecule has 1 amide bonds. The summed E-state index contributed by atoms with van der Waals surface area (Å²) in [5, 5.41) is 7.26. The minimum Gasteiger partial charge on any atom is -0.467 e. The second-order valence-corrected chi connectivity index (χ2v) is 7.01. The fourth-order valence-electron chi connectivity index (χ4n) is 2.88. The van der Waals surface area contributed by atoms with Crippen LogP contribution in [0.15, 0.2) is 12.4 Å². The van der Waals surface area contributed by atoms with Gasteiger partial charge in [-0.2, -0.15) is 5.10 Å². The van der Waals surface area contributed by atoms with Gasteiger partial charge in [-0.15, -0.1) is 0 Å². The van der Waals surface area contributed by atoms with Crippen molar-refractivity contribution in [1.82, 2.24) is 14.7 Å². The lowest BCUT2D eigenvalue weighted by molar-refractivity contribution is -0.152. The molecule has 1 aromatic rings. The van der Waals surface area contributed by atoms with E-state index in [1.54, 1.807) is 37.8 Å². The average Bonchev–Trinajstić information content (AvgIpc) is 3.09. The van der Waals surface area contributed by atoms with Crippen LogP contribution in [0.2, 0.25) is 0 Å². The number of nitrogens with zero attached hydrogens (tertiary/aromatic N) is 3. The third-order valence-electron chi connectivity index (χ3n) is 3.96. The van der Waals surface area contributed by atoms with Crippen LogP contribution in [-0.2, 0) is 21.3 Å². The van der Waals surface area contributed by atoms with E-state index in [0.29, 0.717) is 19.4 Å². The Bertz CT molecular complexity index is 607. The standard InChI is InChI=1S/C16H26N4O4/c1-15(2,3)24-14(22)20-8-6-7-16(20,13(21)23-5)11-17-12-9-18-19(4)10-12/h9-10,17H,6-8,11H2,1-5H3/t16-/m0/s1. The quantitative estimate of drug-likeness (QED) is 0.842. The fourth-order valence-corrected chi connectivity index (χ4v) is 2.88. The van der Waals surface area contributed by atoms with Crippen molar-refractivity contribution in [2.24, 2.45) is 7.05 Å². The molecule has 8 nitrogen and oxygen atoms in total. The first kappa shape index (κ1) is 18.1. The summed E-state index contributed by atoms with van der Waals surface area (Å²) in [6.07, 6.45) is 4.20. The van der Waals surface area contributed by atoms with Crippen LogP contribution >= 0.6 is 0 Å². The van der Waals surface area contributed by atoms with Crippen molar-refractivity contribution in [1.29, 1.82) is 0 Å². The predicted molar refractivity (Wildman–Crippen MR) is 88.6 cm³/mol. The van der Waals surface area contributed by atoms with Gasteiger partial charge < -0.3 is 14.8 Å². The van der Waals surface area contributed by atoms with Crippen molar-refractivity contribution in [3.05, 3.63) is 12.4 Å². The van der Waals surface area contributed by atoms with Gasteiger partial charge in [0, 0.05) is 26.3 Å². The molecule has 0 unspecified atom stereocenters. The number of esters is 1. The number of likely N-dealkylation sites (tertiary alicyclic amines) is 1. The number of anilines is 1. The van der Waals surface area contributed by atoms with Crippen LogP contribution in [-0.4, -0.2) is 58.1 Å². The molecule has 134 valence electrons. The highest BCUT2D eigenvalue weighted by atomic mass is 16.6. The molecule has 0 aliphatic carbocycles. The second-order valence-electron chi connectivity index (χ2n) is 7.01. The zero-order valence-electron chi connectivity index (χ0n) is 15.0. The zero-order valence-corrected chi connectivity index (χ0v) is 15.0. The van der Waals surface area contributed by atoms with Crippen molar-refractivity contribution in [3.8, 4) is 0 Å². The van der Waals surface area contributed by atoms with E-state index in [1.807, 2.05) is 7.05 Å². The fraction of sp³-hybridized carbons (Fsp3) is 0.688. The summed E-state index contributed by atoms with van der Waals surface area (Å²) in [6, 6.07) is 0. The molecule has 0 saturated carbocycles. The Hall–Kier alpha value is -2.25. The maximum Gasteiger partial charge on any atom is 0.411 e. The van der Waals surface area contributed by atoms with E-state index >= 15 is 0 Å². The number of amides is 1. The second kappa shape index (κ2) is 6.70. The summed E-state index contributed by atoms with van der Waals surface area (Å²) in [6.45, 7) is 6.10. The van der Waals surface area contributed by atoms with Gasteiger partial charge in [-0.05, 0) is 33.6 Å². The Morgan fingerprint density at radius 3 is 2.67 bits per heavy atom. The van der Waals surface area contributed by atoms with Crippen molar-refractivity contribution < 1.29 is 19.1 Å². The number of carbonyl (C=O) groups excluding carboxylic acids is 2. The van der Waals surface area contributed by atoms with Crippen LogP contribution < -0.4 is 5.32 Å². The maximum atomic E-state index is 12.6. The molecule has 1 fully saturated rings. The number of methoxy groups -OCH3 is 1. The number of carbonyl (C=O) groups is 2. The lowest BCUT2D eigenvalue weighted by atomic mass is 9.96. The van der Waals surface area contributed by atoms with Gasteiger partial charge in [0.25, 0.3) is 0 Å². The normalized spacial score (nSPS) is 20.8. The highest BCUT2D eigenvalue weighted by molar-refractivity contribution is 5.87. The van der Waals surface area contributed by atoms with Gasteiger partial charge in [0.2, 0.25) is 0 Å². The Kier molecular flexibility index (Phi) is 5.05. The van der Waals surface area contributed by atoms with E-state index in [1.165, 1.54) is 12.0 Å². The Labute approximate surface area is 142 Å². The molecule has 2 heterocycles. The SMILES string of the molecule is COC(=O)[C@@]1(CNc2cnn(C)c2)CCCN1C(=O)OC(C)(C)C. The first-order valence-electron chi connectivity index (χ1n) is 7.99. The minimum absolute atomic E-state index is 0.241. The maximum absolute atomic E-state index is 12.6. The summed E-state index contributed by atoms with van der Waals surface area (Å²) in [4.78, 5) is 26.6. The van der Waals surface area contributed by atoms with Gasteiger partial charge in [0.05, 0.1) is 19.0 Å². The van der Waals surface area contributed by atoms with Crippen LogP contribution in [0, 0.1) is 0 Å². The molecular formula is C16H26N4O4. The van der Waals surface area contributed by atoms with Crippen LogP contribution in [0.25, 0.3) is 0 Å². The molecular weight excluding hydrogens is 312 g/mol. The molecule has 1 aliphatic heterocycles. The monoisotopic (exact) mass is 338 g/mol. The molecule has 0 radical (unpaired) electrons. The average molecular weight is 338 g/mol. The van der Waals surface area contributed by atoms with E-state index in [4.69, 9.17) is 9.47 Å². The van der Waals surface area contributed by atoms with E-state index in [9.17, 15) is 9.59 Å². The highest BCUT2D eigenvalue weighted by Crippen LogP contribution is 2.32. The Morgan fingerprint density at radius 1 is 1.42 bits per heavy atom. The van der Waals surface area contributed by atoms with Gasteiger partial charge in [-0.1, -0.05) is 0 Å². The predicted octanol–water partition coefficient (Wildman–Crippen LogP) is 1.77. The molecule has 2 rings (SSSR count). The summed E-state index contributed by atoms with van der Waals surface area (Å²) >= 11 is 0. The van der Waals surface area contributed by atoms with Gasteiger partial charge >= 0.3 is 12.1 Å². The van der Waals surface area contributed by atoms with Crippen LogP contribution in [0.3, 0.4) is 0 Å². The Balaban J connectivity index is 2.21. The van der Waals surface area contributed by atoms with Crippen molar-refractivity contribution in [3.63, 3.8) is 0 Å². The van der Waals surface area contributed by atoms with Gasteiger partial charge in [-0.3, -0.25) is 9.58 Å². The summed E-state index contributed by atoms with van der Waals surface area (Å²) < 4.78 is 12.1. The van der Waals surface area contributed by atoms with E-state index in [0.717, 1.165) is 5.69 Å². The summed E-state index contributed by atoms with van der Waals surface area (Å²) in [7, 11) is 3.14.